The topological polar surface area (TPSA) is 47.4 Å². The van der Waals surface area contributed by atoms with E-state index in [0.29, 0.717) is 18.9 Å². The molecule has 0 N–H and O–H groups in total. The van der Waals surface area contributed by atoms with Gasteiger partial charge in [-0.05, 0) is 61.5 Å². The molecule has 0 saturated heterocycles. The second kappa shape index (κ2) is 9.53. The molecule has 1 aliphatic rings. The van der Waals surface area contributed by atoms with Crippen LogP contribution in [0.2, 0.25) is 0 Å². The Balaban J connectivity index is 1.77. The predicted molar refractivity (Wildman–Crippen MR) is 129 cm³/mol. The molecule has 6 heteroatoms. The minimum absolute atomic E-state index is 0.146. The van der Waals surface area contributed by atoms with Crippen molar-refractivity contribution in [2.45, 2.75) is 53.0 Å². The van der Waals surface area contributed by atoms with Crippen LogP contribution in [0, 0.1) is 5.92 Å². The summed E-state index contributed by atoms with van der Waals surface area (Å²) in [5, 5.41) is 0.880. The van der Waals surface area contributed by atoms with E-state index in [4.69, 9.17) is 9.72 Å². The molecule has 1 unspecified atom stereocenters. The molecule has 1 aliphatic carbocycles. The maximum atomic E-state index is 13.7. The number of aromatic nitrogens is 2. The quantitative estimate of drug-likeness (QED) is 0.518. The average Bonchev–Trinajstić information content (AvgIpc) is 3.14. The number of hydrogen-bond donors (Lipinski definition) is 0. The van der Waals surface area contributed by atoms with Crippen LogP contribution in [-0.4, -0.2) is 41.2 Å². The molecule has 2 heterocycles. The Labute approximate surface area is 188 Å². The van der Waals surface area contributed by atoms with Crippen LogP contribution in [0.3, 0.4) is 0 Å². The maximum Gasteiger partial charge on any atom is 0.262 e. The smallest absolute Gasteiger partial charge is 0.262 e. The van der Waals surface area contributed by atoms with Gasteiger partial charge in [0.1, 0.15) is 16.4 Å². The first-order valence-electron chi connectivity index (χ1n) is 11.4. The molecule has 166 valence electrons. The number of methoxy groups -OCH3 is 1. The molecule has 1 atom stereocenters. The van der Waals surface area contributed by atoms with E-state index in [2.05, 4.69) is 37.8 Å². The maximum absolute atomic E-state index is 13.7. The van der Waals surface area contributed by atoms with Crippen LogP contribution >= 0.6 is 11.3 Å². The van der Waals surface area contributed by atoms with Crippen molar-refractivity contribution in [1.29, 1.82) is 0 Å². The second-order valence-corrected chi connectivity index (χ2v) is 9.65. The SMILES string of the molecule is CCN(CC)CCn1c(Cc2ccc(OC)cc2)nc2sc3c(c2c1=O)CCC(C)C3. The lowest BCUT2D eigenvalue weighted by Gasteiger charge is -2.20. The van der Waals surface area contributed by atoms with Gasteiger partial charge >= 0.3 is 0 Å². The van der Waals surface area contributed by atoms with Gasteiger partial charge in [-0.25, -0.2) is 4.98 Å². The van der Waals surface area contributed by atoms with E-state index >= 15 is 0 Å². The summed E-state index contributed by atoms with van der Waals surface area (Å²) in [6.07, 6.45) is 3.88. The Morgan fingerprint density at radius 1 is 1.23 bits per heavy atom. The molecule has 0 bridgehead atoms. The van der Waals surface area contributed by atoms with Crippen molar-refractivity contribution in [3.05, 3.63) is 56.4 Å². The molecule has 0 fully saturated rings. The van der Waals surface area contributed by atoms with E-state index in [1.54, 1.807) is 18.4 Å². The van der Waals surface area contributed by atoms with Crippen molar-refractivity contribution in [2.24, 2.45) is 5.92 Å². The summed E-state index contributed by atoms with van der Waals surface area (Å²) in [4.78, 5) is 23.5. The number of fused-ring (bicyclic) bond motifs is 3. The number of hydrogen-bond acceptors (Lipinski definition) is 5. The van der Waals surface area contributed by atoms with Crippen molar-refractivity contribution in [3.63, 3.8) is 0 Å². The van der Waals surface area contributed by atoms with Gasteiger partial charge in [0.15, 0.2) is 0 Å². The number of likely N-dealkylation sites (N-methyl/N-ethyl adjacent to an activating group) is 1. The molecule has 0 amide bonds. The Morgan fingerprint density at radius 3 is 2.65 bits per heavy atom. The van der Waals surface area contributed by atoms with Crippen LogP contribution < -0.4 is 10.3 Å². The molecule has 0 spiro atoms. The molecule has 3 aromatic rings. The van der Waals surface area contributed by atoms with Gasteiger partial charge in [-0.15, -0.1) is 11.3 Å². The third-order valence-corrected chi connectivity index (χ3v) is 7.70. The molecule has 1 aromatic carbocycles. The van der Waals surface area contributed by atoms with Gasteiger partial charge in [-0.1, -0.05) is 32.9 Å². The van der Waals surface area contributed by atoms with Crippen LogP contribution in [0.25, 0.3) is 10.2 Å². The monoisotopic (exact) mass is 439 g/mol. The fourth-order valence-electron chi connectivity index (χ4n) is 4.54. The van der Waals surface area contributed by atoms with Crippen molar-refractivity contribution in [3.8, 4) is 5.75 Å². The lowest BCUT2D eigenvalue weighted by molar-refractivity contribution is 0.287. The summed E-state index contributed by atoms with van der Waals surface area (Å²) in [5.41, 5.74) is 2.55. The summed E-state index contributed by atoms with van der Waals surface area (Å²) in [5.74, 6) is 2.39. The largest absolute Gasteiger partial charge is 0.497 e. The molecule has 4 rings (SSSR count). The number of rotatable bonds is 8. The number of aryl methyl sites for hydroxylation is 1. The first-order chi connectivity index (χ1) is 15.0. The van der Waals surface area contributed by atoms with Crippen LogP contribution in [0.5, 0.6) is 5.75 Å². The van der Waals surface area contributed by atoms with Crippen molar-refractivity contribution < 1.29 is 4.74 Å². The zero-order chi connectivity index (χ0) is 22.0. The summed E-state index contributed by atoms with van der Waals surface area (Å²) in [7, 11) is 1.68. The van der Waals surface area contributed by atoms with Crippen LogP contribution in [0.1, 0.15) is 49.0 Å². The number of benzene rings is 1. The van der Waals surface area contributed by atoms with Gasteiger partial charge in [0, 0.05) is 24.4 Å². The molecule has 5 nitrogen and oxygen atoms in total. The van der Waals surface area contributed by atoms with E-state index in [9.17, 15) is 4.79 Å². The van der Waals surface area contributed by atoms with E-state index in [0.717, 1.165) is 66.3 Å². The standard InChI is InChI=1S/C25H33N3O2S/c1-5-27(6-2)13-14-28-22(16-18-8-10-19(30-4)11-9-18)26-24-23(25(28)29)20-12-7-17(3)15-21(20)31-24/h8-11,17H,5-7,12-16H2,1-4H3. The predicted octanol–water partition coefficient (Wildman–Crippen LogP) is 4.52. The summed E-state index contributed by atoms with van der Waals surface area (Å²) >= 11 is 1.74. The van der Waals surface area contributed by atoms with E-state index in [1.165, 1.54) is 10.4 Å². The second-order valence-electron chi connectivity index (χ2n) is 8.57. The average molecular weight is 440 g/mol. The fourth-order valence-corrected chi connectivity index (χ4v) is 5.93. The number of ether oxygens (including phenoxy) is 1. The van der Waals surface area contributed by atoms with Gasteiger partial charge in [0.25, 0.3) is 5.56 Å². The first-order valence-corrected chi connectivity index (χ1v) is 12.2. The molecular weight excluding hydrogens is 406 g/mol. The Morgan fingerprint density at radius 2 is 1.97 bits per heavy atom. The van der Waals surface area contributed by atoms with Gasteiger partial charge in [0.2, 0.25) is 0 Å². The molecular formula is C25H33N3O2S. The highest BCUT2D eigenvalue weighted by atomic mass is 32.1. The molecule has 0 aliphatic heterocycles. The molecule has 0 radical (unpaired) electrons. The molecule has 0 saturated carbocycles. The molecule has 31 heavy (non-hydrogen) atoms. The highest BCUT2D eigenvalue weighted by Gasteiger charge is 2.24. The highest BCUT2D eigenvalue weighted by Crippen LogP contribution is 2.36. The van der Waals surface area contributed by atoms with Crippen molar-refractivity contribution in [1.82, 2.24) is 14.5 Å². The summed E-state index contributed by atoms with van der Waals surface area (Å²) in [6, 6.07) is 8.06. The van der Waals surface area contributed by atoms with Gasteiger partial charge in [-0.2, -0.15) is 0 Å². The van der Waals surface area contributed by atoms with Crippen LogP contribution in [0.15, 0.2) is 29.1 Å². The van der Waals surface area contributed by atoms with Crippen molar-refractivity contribution in [2.75, 3.05) is 26.7 Å². The highest BCUT2D eigenvalue weighted by molar-refractivity contribution is 7.18. The summed E-state index contributed by atoms with van der Waals surface area (Å²) in [6.45, 7) is 10.2. The zero-order valence-electron chi connectivity index (χ0n) is 19.1. The Bertz CT molecular complexity index is 1100. The molecule has 2 aromatic heterocycles. The normalized spacial score (nSPS) is 16.1. The van der Waals surface area contributed by atoms with Crippen LogP contribution in [-0.2, 0) is 25.8 Å². The lowest BCUT2D eigenvalue weighted by atomic mass is 9.89. The minimum Gasteiger partial charge on any atom is -0.497 e. The zero-order valence-corrected chi connectivity index (χ0v) is 19.9. The fraction of sp³-hybridized carbons (Fsp3) is 0.520. The first kappa shape index (κ1) is 22.0. The third kappa shape index (κ3) is 4.55. The minimum atomic E-state index is 0.146. The van der Waals surface area contributed by atoms with E-state index < -0.39 is 0 Å². The number of nitrogens with zero attached hydrogens (tertiary/aromatic N) is 3. The Hall–Kier alpha value is -2.18. The third-order valence-electron chi connectivity index (χ3n) is 6.55. The van der Waals surface area contributed by atoms with Crippen LogP contribution in [0.4, 0.5) is 0 Å². The van der Waals surface area contributed by atoms with Gasteiger partial charge < -0.3 is 9.64 Å². The van der Waals surface area contributed by atoms with E-state index in [1.807, 2.05) is 16.7 Å². The Kier molecular flexibility index (Phi) is 6.77. The van der Waals surface area contributed by atoms with Gasteiger partial charge in [0.05, 0.1) is 12.5 Å². The van der Waals surface area contributed by atoms with E-state index in [-0.39, 0.29) is 5.56 Å². The number of thiophene rings is 1. The van der Waals surface area contributed by atoms with Gasteiger partial charge in [-0.3, -0.25) is 9.36 Å². The lowest BCUT2D eigenvalue weighted by Crippen LogP contribution is -2.33. The van der Waals surface area contributed by atoms with Crippen molar-refractivity contribution >= 4 is 21.6 Å². The summed E-state index contributed by atoms with van der Waals surface area (Å²) < 4.78 is 7.23.